The third-order valence-corrected chi connectivity index (χ3v) is 4.86. The van der Waals surface area contributed by atoms with Crippen LogP contribution in [0.5, 0.6) is 0 Å². The molecule has 0 saturated carbocycles. The van der Waals surface area contributed by atoms with Gasteiger partial charge in [0, 0.05) is 22.3 Å². The number of amides is 1. The first kappa shape index (κ1) is 16.0. The van der Waals surface area contributed by atoms with Crippen molar-refractivity contribution in [2.24, 2.45) is 0 Å². The van der Waals surface area contributed by atoms with Gasteiger partial charge in [0.05, 0.1) is 0 Å². The molecule has 0 unspecified atom stereocenters. The average Bonchev–Trinajstić information content (AvgIpc) is 2.88. The molecule has 1 amide bonds. The number of quaternary nitrogens is 1. The van der Waals surface area contributed by atoms with E-state index in [2.05, 4.69) is 25.2 Å². The van der Waals surface area contributed by atoms with Crippen LogP contribution in [0.4, 0.5) is 5.69 Å². The van der Waals surface area contributed by atoms with E-state index in [4.69, 9.17) is 11.6 Å². The fraction of sp³-hybridized carbons (Fsp3) is 0.316. The van der Waals surface area contributed by atoms with E-state index in [1.54, 1.807) is 0 Å². The van der Waals surface area contributed by atoms with Crippen LogP contribution in [0.15, 0.2) is 48.5 Å². The van der Waals surface area contributed by atoms with Gasteiger partial charge in [0.2, 0.25) is 0 Å². The number of halogens is 1. The van der Waals surface area contributed by atoms with Crippen molar-refractivity contribution in [1.82, 2.24) is 0 Å². The van der Waals surface area contributed by atoms with E-state index in [1.807, 2.05) is 47.4 Å². The summed E-state index contributed by atoms with van der Waals surface area (Å²) in [4.78, 5) is 14.6. The van der Waals surface area contributed by atoms with Crippen LogP contribution in [0.1, 0.15) is 31.0 Å². The Balaban J connectivity index is 1.67. The Labute approximate surface area is 142 Å². The Morgan fingerprint density at radius 3 is 2.74 bits per heavy atom. The molecule has 4 heteroatoms. The van der Waals surface area contributed by atoms with E-state index < -0.39 is 0 Å². The van der Waals surface area contributed by atoms with Gasteiger partial charge in [-0.2, -0.15) is 0 Å². The van der Waals surface area contributed by atoms with Crippen molar-refractivity contribution in [3.8, 4) is 0 Å². The third kappa shape index (κ3) is 3.26. The monoisotopic (exact) mass is 329 g/mol. The molecule has 1 aliphatic heterocycles. The lowest BCUT2D eigenvalue weighted by molar-refractivity contribution is -0.682. The predicted octanol–water partition coefficient (Wildman–Crippen LogP) is 2.94. The van der Waals surface area contributed by atoms with Crippen molar-refractivity contribution < 1.29 is 10.1 Å². The number of rotatable bonds is 4. The molecule has 3 nitrogen and oxygen atoms in total. The van der Waals surface area contributed by atoms with Crippen LogP contribution in [-0.2, 0) is 11.2 Å². The molecular weight excluding hydrogens is 308 g/mol. The van der Waals surface area contributed by atoms with E-state index >= 15 is 0 Å². The van der Waals surface area contributed by atoms with Crippen LogP contribution < -0.4 is 10.2 Å². The molecule has 3 rings (SSSR count). The van der Waals surface area contributed by atoms with Gasteiger partial charge in [0.1, 0.15) is 6.04 Å². The lowest BCUT2D eigenvalue weighted by atomic mass is 10.1. The van der Waals surface area contributed by atoms with Gasteiger partial charge in [-0.1, -0.05) is 48.0 Å². The summed E-state index contributed by atoms with van der Waals surface area (Å²) < 4.78 is 0. The first-order chi connectivity index (χ1) is 11.1. The quantitative estimate of drug-likeness (QED) is 0.920. The standard InChI is InChI=1S/C19H21ClN2O/c1-13-11-15-7-3-6-10-18(15)22(13)19(23)12-21-14(2)16-8-4-5-9-17(16)20/h3-10,13-14,21H,11-12H2,1-2H3/p+1/t13-,14+/m1/s1. The molecule has 0 fully saturated rings. The fourth-order valence-electron chi connectivity index (χ4n) is 3.29. The second-order valence-electron chi connectivity index (χ2n) is 6.20. The summed E-state index contributed by atoms with van der Waals surface area (Å²) in [5.74, 6) is 0.154. The summed E-state index contributed by atoms with van der Waals surface area (Å²) in [6, 6.07) is 16.4. The summed E-state index contributed by atoms with van der Waals surface area (Å²) in [7, 11) is 0. The highest BCUT2D eigenvalue weighted by atomic mass is 35.5. The minimum absolute atomic E-state index is 0.154. The third-order valence-electron chi connectivity index (χ3n) is 4.52. The second kappa shape index (κ2) is 6.73. The molecule has 0 aliphatic carbocycles. The number of fused-ring (bicyclic) bond motifs is 1. The van der Waals surface area contributed by atoms with Crippen LogP contribution in [0, 0.1) is 0 Å². The number of hydrogen-bond acceptors (Lipinski definition) is 1. The highest BCUT2D eigenvalue weighted by Gasteiger charge is 2.31. The van der Waals surface area contributed by atoms with Gasteiger partial charge in [-0.3, -0.25) is 4.79 Å². The zero-order chi connectivity index (χ0) is 16.4. The number of hydrogen-bond donors (Lipinski definition) is 1. The predicted molar refractivity (Wildman–Crippen MR) is 93.8 cm³/mol. The molecule has 0 spiro atoms. The molecule has 0 bridgehead atoms. The Hall–Kier alpha value is -1.84. The number of para-hydroxylation sites is 1. The molecule has 0 aromatic heterocycles. The Bertz CT molecular complexity index is 716. The molecule has 2 aromatic rings. The average molecular weight is 330 g/mol. The highest BCUT2D eigenvalue weighted by molar-refractivity contribution is 6.31. The summed E-state index contributed by atoms with van der Waals surface area (Å²) >= 11 is 6.24. The fourth-order valence-corrected chi connectivity index (χ4v) is 3.60. The normalized spacial score (nSPS) is 17.9. The molecule has 2 atom stereocenters. The van der Waals surface area contributed by atoms with Crippen molar-refractivity contribution in [3.63, 3.8) is 0 Å². The van der Waals surface area contributed by atoms with Crippen LogP contribution >= 0.6 is 11.6 Å². The number of nitrogens with zero attached hydrogens (tertiary/aromatic N) is 1. The maximum absolute atomic E-state index is 12.7. The number of carbonyl (C=O) groups is 1. The molecule has 0 saturated heterocycles. The SMILES string of the molecule is C[C@H]([NH2+]CC(=O)N1c2ccccc2C[C@H]1C)c1ccccc1Cl. The summed E-state index contributed by atoms with van der Waals surface area (Å²) in [6.07, 6.45) is 0.933. The van der Waals surface area contributed by atoms with E-state index in [-0.39, 0.29) is 18.0 Å². The molecule has 120 valence electrons. The second-order valence-corrected chi connectivity index (χ2v) is 6.60. The number of carbonyl (C=O) groups excluding carboxylic acids is 1. The number of anilines is 1. The van der Waals surface area contributed by atoms with Crippen molar-refractivity contribution in [2.45, 2.75) is 32.4 Å². The zero-order valence-electron chi connectivity index (χ0n) is 13.5. The molecule has 1 aliphatic rings. The van der Waals surface area contributed by atoms with Gasteiger partial charge in [0.25, 0.3) is 5.91 Å². The Morgan fingerprint density at radius 2 is 1.96 bits per heavy atom. The Morgan fingerprint density at radius 1 is 1.26 bits per heavy atom. The van der Waals surface area contributed by atoms with Crippen molar-refractivity contribution in [1.29, 1.82) is 0 Å². The maximum atomic E-state index is 12.7. The smallest absolute Gasteiger partial charge is 0.282 e. The summed E-state index contributed by atoms with van der Waals surface area (Å²) in [5.41, 5.74) is 3.38. The number of benzene rings is 2. The van der Waals surface area contributed by atoms with Gasteiger partial charge in [-0.05, 0) is 38.0 Å². The molecule has 1 heterocycles. The van der Waals surface area contributed by atoms with E-state index in [0.717, 1.165) is 22.7 Å². The molecule has 2 aromatic carbocycles. The van der Waals surface area contributed by atoms with Crippen molar-refractivity contribution in [2.75, 3.05) is 11.4 Å². The lowest BCUT2D eigenvalue weighted by Crippen LogP contribution is -2.87. The molecule has 0 radical (unpaired) electrons. The lowest BCUT2D eigenvalue weighted by Gasteiger charge is -2.22. The summed E-state index contributed by atoms with van der Waals surface area (Å²) in [6.45, 7) is 4.61. The van der Waals surface area contributed by atoms with Gasteiger partial charge < -0.3 is 10.2 Å². The van der Waals surface area contributed by atoms with Gasteiger partial charge in [-0.25, -0.2) is 0 Å². The van der Waals surface area contributed by atoms with Crippen molar-refractivity contribution in [3.05, 3.63) is 64.7 Å². The summed E-state index contributed by atoms with van der Waals surface area (Å²) in [5, 5.41) is 2.81. The Kier molecular flexibility index (Phi) is 4.69. The topological polar surface area (TPSA) is 36.9 Å². The van der Waals surface area contributed by atoms with Crippen molar-refractivity contribution >= 4 is 23.2 Å². The largest absolute Gasteiger partial charge is 0.332 e. The van der Waals surface area contributed by atoms with Crippen LogP contribution in [0.3, 0.4) is 0 Å². The van der Waals surface area contributed by atoms with E-state index in [0.29, 0.717) is 6.54 Å². The van der Waals surface area contributed by atoms with Crippen LogP contribution in [0.25, 0.3) is 0 Å². The van der Waals surface area contributed by atoms with E-state index in [9.17, 15) is 4.79 Å². The number of nitrogens with two attached hydrogens (primary N) is 1. The first-order valence-corrected chi connectivity index (χ1v) is 8.43. The zero-order valence-corrected chi connectivity index (χ0v) is 14.3. The minimum atomic E-state index is 0.154. The van der Waals surface area contributed by atoms with Crippen LogP contribution in [-0.4, -0.2) is 18.5 Å². The van der Waals surface area contributed by atoms with Crippen LogP contribution in [0.2, 0.25) is 5.02 Å². The molecule has 23 heavy (non-hydrogen) atoms. The maximum Gasteiger partial charge on any atom is 0.282 e. The van der Waals surface area contributed by atoms with Gasteiger partial charge in [-0.15, -0.1) is 0 Å². The van der Waals surface area contributed by atoms with E-state index in [1.165, 1.54) is 5.56 Å². The van der Waals surface area contributed by atoms with Gasteiger partial charge >= 0.3 is 0 Å². The van der Waals surface area contributed by atoms with Gasteiger partial charge in [0.15, 0.2) is 6.54 Å². The molecule has 2 N–H and O–H groups in total. The highest BCUT2D eigenvalue weighted by Crippen LogP contribution is 2.31. The minimum Gasteiger partial charge on any atom is -0.332 e. The molecular formula is C19H22ClN2O+. The first-order valence-electron chi connectivity index (χ1n) is 8.05.